The minimum Gasteiger partial charge on any atom is -0.354 e. The zero-order valence-electron chi connectivity index (χ0n) is 11.7. The van der Waals surface area contributed by atoms with Crippen molar-refractivity contribution in [2.75, 3.05) is 6.54 Å². The Morgan fingerprint density at radius 2 is 2.00 bits per heavy atom. The predicted octanol–water partition coefficient (Wildman–Crippen LogP) is 1.01. The number of rotatable bonds is 6. The molecule has 5 heteroatoms. The van der Waals surface area contributed by atoms with Gasteiger partial charge < -0.3 is 11.1 Å². The molecular weight excluding hydrogens is 252 g/mol. The molecule has 1 aromatic heterocycles. The lowest BCUT2D eigenvalue weighted by Crippen LogP contribution is -2.28. The van der Waals surface area contributed by atoms with Gasteiger partial charge in [0.1, 0.15) is 0 Å². The summed E-state index contributed by atoms with van der Waals surface area (Å²) in [5.74, 6) is 0.0226. The van der Waals surface area contributed by atoms with Gasteiger partial charge in [-0.3, -0.25) is 9.48 Å². The number of hydrogen-bond donors (Lipinski definition) is 2. The Kier molecular flexibility index (Phi) is 4.90. The van der Waals surface area contributed by atoms with E-state index >= 15 is 0 Å². The number of nitrogens with zero attached hydrogens (tertiary/aromatic N) is 2. The highest BCUT2D eigenvalue weighted by atomic mass is 16.1. The van der Waals surface area contributed by atoms with Crippen LogP contribution in [0.25, 0.3) is 0 Å². The molecule has 5 nitrogen and oxygen atoms in total. The van der Waals surface area contributed by atoms with Crippen LogP contribution in [-0.2, 0) is 24.3 Å². The van der Waals surface area contributed by atoms with E-state index in [4.69, 9.17) is 5.73 Å². The SMILES string of the molecule is Cc1cnn(CCNC(=O)Cc2ccc(CN)cc2)c1. The fourth-order valence-electron chi connectivity index (χ4n) is 1.94. The van der Waals surface area contributed by atoms with Crippen LogP contribution in [0.15, 0.2) is 36.7 Å². The molecule has 0 unspecified atom stereocenters. The maximum atomic E-state index is 11.8. The molecule has 0 fully saturated rings. The molecule has 0 aliphatic heterocycles. The van der Waals surface area contributed by atoms with Crippen molar-refractivity contribution in [3.63, 3.8) is 0 Å². The van der Waals surface area contributed by atoms with E-state index in [2.05, 4.69) is 10.4 Å². The van der Waals surface area contributed by atoms with E-state index in [9.17, 15) is 4.79 Å². The third-order valence-corrected chi connectivity index (χ3v) is 3.05. The summed E-state index contributed by atoms with van der Waals surface area (Å²) in [6.45, 7) is 3.79. The van der Waals surface area contributed by atoms with Crippen LogP contribution in [0.1, 0.15) is 16.7 Å². The number of carbonyl (C=O) groups is 1. The van der Waals surface area contributed by atoms with Crippen molar-refractivity contribution in [3.8, 4) is 0 Å². The molecule has 106 valence electrons. The van der Waals surface area contributed by atoms with Gasteiger partial charge in [-0.25, -0.2) is 0 Å². The molecule has 0 saturated heterocycles. The average Bonchev–Trinajstić information content (AvgIpc) is 2.85. The molecule has 0 bridgehead atoms. The highest BCUT2D eigenvalue weighted by Gasteiger charge is 2.03. The fourth-order valence-corrected chi connectivity index (χ4v) is 1.94. The van der Waals surface area contributed by atoms with Crippen molar-refractivity contribution >= 4 is 5.91 Å². The van der Waals surface area contributed by atoms with Crippen molar-refractivity contribution in [3.05, 3.63) is 53.3 Å². The predicted molar refractivity (Wildman–Crippen MR) is 78.0 cm³/mol. The minimum absolute atomic E-state index is 0.0226. The monoisotopic (exact) mass is 272 g/mol. The molecule has 3 N–H and O–H groups in total. The molecule has 1 heterocycles. The second-order valence-electron chi connectivity index (χ2n) is 4.83. The Morgan fingerprint density at radius 3 is 2.60 bits per heavy atom. The number of amides is 1. The van der Waals surface area contributed by atoms with Gasteiger partial charge in [-0.1, -0.05) is 24.3 Å². The van der Waals surface area contributed by atoms with Gasteiger partial charge >= 0.3 is 0 Å². The number of benzene rings is 1. The summed E-state index contributed by atoms with van der Waals surface area (Å²) in [6.07, 6.45) is 4.15. The van der Waals surface area contributed by atoms with Gasteiger partial charge in [0.15, 0.2) is 0 Å². The lowest BCUT2D eigenvalue weighted by atomic mass is 10.1. The number of hydrogen-bond acceptors (Lipinski definition) is 3. The number of carbonyl (C=O) groups excluding carboxylic acids is 1. The Balaban J connectivity index is 1.74. The van der Waals surface area contributed by atoms with Crippen LogP contribution >= 0.6 is 0 Å². The van der Waals surface area contributed by atoms with E-state index in [0.717, 1.165) is 16.7 Å². The molecule has 0 saturated carbocycles. The lowest BCUT2D eigenvalue weighted by molar-refractivity contribution is -0.120. The third kappa shape index (κ3) is 4.20. The molecular formula is C15H20N4O. The summed E-state index contributed by atoms with van der Waals surface area (Å²) in [7, 11) is 0. The normalized spacial score (nSPS) is 10.5. The summed E-state index contributed by atoms with van der Waals surface area (Å²) in [4.78, 5) is 11.8. The first-order valence-corrected chi connectivity index (χ1v) is 6.71. The van der Waals surface area contributed by atoms with E-state index in [1.807, 2.05) is 42.1 Å². The molecule has 2 rings (SSSR count). The highest BCUT2D eigenvalue weighted by Crippen LogP contribution is 2.04. The number of nitrogens with one attached hydrogen (secondary N) is 1. The molecule has 0 atom stereocenters. The molecule has 2 aromatic rings. The van der Waals surface area contributed by atoms with Gasteiger partial charge in [-0.05, 0) is 23.6 Å². The van der Waals surface area contributed by atoms with Crippen molar-refractivity contribution in [2.24, 2.45) is 5.73 Å². The van der Waals surface area contributed by atoms with Gasteiger partial charge in [-0.2, -0.15) is 5.10 Å². The summed E-state index contributed by atoms with van der Waals surface area (Å²) in [6, 6.07) is 7.79. The van der Waals surface area contributed by atoms with Crippen molar-refractivity contribution in [2.45, 2.75) is 26.4 Å². The first kappa shape index (κ1) is 14.3. The van der Waals surface area contributed by atoms with Crippen molar-refractivity contribution < 1.29 is 4.79 Å². The first-order chi connectivity index (χ1) is 9.67. The van der Waals surface area contributed by atoms with E-state index in [1.165, 1.54) is 0 Å². The van der Waals surface area contributed by atoms with Crippen LogP contribution in [0, 0.1) is 6.92 Å². The highest BCUT2D eigenvalue weighted by molar-refractivity contribution is 5.78. The summed E-state index contributed by atoms with van der Waals surface area (Å²) in [5, 5.41) is 7.06. The maximum Gasteiger partial charge on any atom is 0.224 e. The zero-order valence-corrected chi connectivity index (χ0v) is 11.7. The Morgan fingerprint density at radius 1 is 1.30 bits per heavy atom. The zero-order chi connectivity index (χ0) is 14.4. The second kappa shape index (κ2) is 6.86. The van der Waals surface area contributed by atoms with Crippen LogP contribution in [0.2, 0.25) is 0 Å². The van der Waals surface area contributed by atoms with Crippen molar-refractivity contribution in [1.82, 2.24) is 15.1 Å². The average molecular weight is 272 g/mol. The Hall–Kier alpha value is -2.14. The molecule has 1 aromatic carbocycles. The quantitative estimate of drug-likeness (QED) is 0.824. The van der Waals surface area contributed by atoms with Gasteiger partial charge in [0.2, 0.25) is 5.91 Å². The minimum atomic E-state index is 0.0226. The lowest BCUT2D eigenvalue weighted by Gasteiger charge is -2.06. The van der Waals surface area contributed by atoms with Gasteiger partial charge in [0.05, 0.1) is 19.2 Å². The topological polar surface area (TPSA) is 72.9 Å². The fraction of sp³-hybridized carbons (Fsp3) is 0.333. The number of aryl methyl sites for hydroxylation is 1. The molecule has 0 radical (unpaired) electrons. The Labute approximate surface area is 118 Å². The smallest absolute Gasteiger partial charge is 0.224 e. The molecule has 0 spiro atoms. The number of aromatic nitrogens is 2. The van der Waals surface area contributed by atoms with Crippen LogP contribution in [0.4, 0.5) is 0 Å². The van der Waals surface area contributed by atoms with Crippen LogP contribution < -0.4 is 11.1 Å². The third-order valence-electron chi connectivity index (χ3n) is 3.05. The van der Waals surface area contributed by atoms with Crippen LogP contribution in [-0.4, -0.2) is 22.2 Å². The van der Waals surface area contributed by atoms with E-state index in [1.54, 1.807) is 6.20 Å². The van der Waals surface area contributed by atoms with Gasteiger partial charge in [-0.15, -0.1) is 0 Å². The summed E-state index contributed by atoms with van der Waals surface area (Å²) < 4.78 is 1.83. The molecule has 0 aliphatic carbocycles. The first-order valence-electron chi connectivity index (χ1n) is 6.71. The van der Waals surface area contributed by atoms with E-state index in [0.29, 0.717) is 26.1 Å². The summed E-state index contributed by atoms with van der Waals surface area (Å²) in [5.41, 5.74) is 8.73. The van der Waals surface area contributed by atoms with E-state index < -0.39 is 0 Å². The number of nitrogens with two attached hydrogens (primary N) is 1. The summed E-state index contributed by atoms with van der Waals surface area (Å²) >= 11 is 0. The van der Waals surface area contributed by atoms with Gasteiger partial charge in [0.25, 0.3) is 0 Å². The van der Waals surface area contributed by atoms with Crippen LogP contribution in [0.5, 0.6) is 0 Å². The molecule has 0 aliphatic rings. The maximum absolute atomic E-state index is 11.8. The molecule has 20 heavy (non-hydrogen) atoms. The van der Waals surface area contributed by atoms with Crippen LogP contribution in [0.3, 0.4) is 0 Å². The second-order valence-corrected chi connectivity index (χ2v) is 4.83. The van der Waals surface area contributed by atoms with Crippen molar-refractivity contribution in [1.29, 1.82) is 0 Å². The standard InChI is InChI=1S/C15H20N4O/c1-12-10-18-19(11-12)7-6-17-15(20)8-13-2-4-14(9-16)5-3-13/h2-5,10-11H,6-9,16H2,1H3,(H,17,20). The molecule has 1 amide bonds. The largest absolute Gasteiger partial charge is 0.354 e. The Bertz CT molecular complexity index is 560. The van der Waals surface area contributed by atoms with E-state index in [-0.39, 0.29) is 5.91 Å². The van der Waals surface area contributed by atoms with Gasteiger partial charge in [0, 0.05) is 19.3 Å².